The van der Waals surface area contributed by atoms with Crippen LogP contribution in [0.3, 0.4) is 0 Å². The maximum absolute atomic E-state index is 8.65. The van der Waals surface area contributed by atoms with E-state index in [9.17, 15) is 0 Å². The Bertz CT molecular complexity index is 357. The van der Waals surface area contributed by atoms with Crippen molar-refractivity contribution in [1.29, 1.82) is 5.26 Å². The van der Waals surface area contributed by atoms with Gasteiger partial charge in [-0.25, -0.2) is 0 Å². The van der Waals surface area contributed by atoms with Crippen molar-refractivity contribution in [3.8, 4) is 6.07 Å². The standard InChI is InChI=1S/C10H12ClN3/c1-14(5-4-12)10-3-2-8(7-13)6-9(10)11/h2-3,6H,4-5,12H2,1H3. The van der Waals surface area contributed by atoms with Crippen molar-refractivity contribution in [3.05, 3.63) is 28.8 Å². The average molecular weight is 210 g/mol. The van der Waals surface area contributed by atoms with Gasteiger partial charge in [0.05, 0.1) is 22.3 Å². The number of halogens is 1. The first-order valence-corrected chi connectivity index (χ1v) is 4.67. The summed E-state index contributed by atoms with van der Waals surface area (Å²) in [6.45, 7) is 1.32. The van der Waals surface area contributed by atoms with Crippen LogP contribution in [-0.4, -0.2) is 20.1 Å². The van der Waals surface area contributed by atoms with E-state index in [4.69, 9.17) is 22.6 Å². The number of anilines is 1. The van der Waals surface area contributed by atoms with Crippen molar-refractivity contribution in [1.82, 2.24) is 0 Å². The Hall–Kier alpha value is -1.24. The monoisotopic (exact) mass is 209 g/mol. The number of rotatable bonds is 3. The van der Waals surface area contributed by atoms with E-state index < -0.39 is 0 Å². The number of likely N-dealkylation sites (N-methyl/N-ethyl adjacent to an activating group) is 1. The molecule has 1 aromatic carbocycles. The van der Waals surface area contributed by atoms with Crippen molar-refractivity contribution < 1.29 is 0 Å². The highest BCUT2D eigenvalue weighted by Gasteiger charge is 2.05. The van der Waals surface area contributed by atoms with E-state index in [0.717, 1.165) is 12.2 Å². The van der Waals surface area contributed by atoms with E-state index in [-0.39, 0.29) is 0 Å². The summed E-state index contributed by atoms with van der Waals surface area (Å²) in [5, 5.41) is 9.24. The number of benzene rings is 1. The molecular formula is C10H12ClN3. The first-order valence-electron chi connectivity index (χ1n) is 4.30. The molecule has 1 aromatic rings. The van der Waals surface area contributed by atoms with Crippen LogP contribution in [0.1, 0.15) is 5.56 Å². The van der Waals surface area contributed by atoms with Crippen LogP contribution in [0.5, 0.6) is 0 Å². The Morgan fingerprint density at radius 1 is 1.57 bits per heavy atom. The predicted molar refractivity (Wildman–Crippen MR) is 58.5 cm³/mol. The molecule has 0 fully saturated rings. The number of nitrogens with zero attached hydrogens (tertiary/aromatic N) is 2. The van der Waals surface area contributed by atoms with Gasteiger partial charge in [-0.1, -0.05) is 11.6 Å². The van der Waals surface area contributed by atoms with Crippen LogP contribution in [0.2, 0.25) is 5.02 Å². The van der Waals surface area contributed by atoms with Crippen molar-refractivity contribution >= 4 is 17.3 Å². The Kier molecular flexibility index (Phi) is 3.75. The third-order valence-electron chi connectivity index (χ3n) is 1.95. The Balaban J connectivity index is 2.95. The van der Waals surface area contributed by atoms with E-state index >= 15 is 0 Å². The van der Waals surface area contributed by atoms with Crippen molar-refractivity contribution in [2.75, 3.05) is 25.0 Å². The second-order valence-electron chi connectivity index (χ2n) is 2.99. The van der Waals surface area contributed by atoms with Crippen LogP contribution >= 0.6 is 11.6 Å². The van der Waals surface area contributed by atoms with Crippen molar-refractivity contribution in [3.63, 3.8) is 0 Å². The van der Waals surface area contributed by atoms with Crippen molar-refractivity contribution in [2.45, 2.75) is 0 Å². The Morgan fingerprint density at radius 3 is 2.79 bits per heavy atom. The number of hydrogen-bond donors (Lipinski definition) is 1. The minimum absolute atomic E-state index is 0.569. The van der Waals surface area contributed by atoms with Gasteiger partial charge in [0.15, 0.2) is 0 Å². The molecule has 0 spiro atoms. The fourth-order valence-electron chi connectivity index (χ4n) is 1.20. The first-order chi connectivity index (χ1) is 6.69. The molecule has 14 heavy (non-hydrogen) atoms. The van der Waals surface area contributed by atoms with Gasteiger partial charge in [-0.05, 0) is 18.2 Å². The van der Waals surface area contributed by atoms with Crippen LogP contribution in [-0.2, 0) is 0 Å². The average Bonchev–Trinajstić information content (AvgIpc) is 2.17. The molecule has 0 aliphatic rings. The summed E-state index contributed by atoms with van der Waals surface area (Å²) < 4.78 is 0. The lowest BCUT2D eigenvalue weighted by molar-refractivity contribution is 0.886. The topological polar surface area (TPSA) is 53.0 Å². The van der Waals surface area contributed by atoms with Gasteiger partial charge < -0.3 is 10.6 Å². The van der Waals surface area contributed by atoms with Crippen LogP contribution < -0.4 is 10.6 Å². The fourth-order valence-corrected chi connectivity index (χ4v) is 1.52. The lowest BCUT2D eigenvalue weighted by atomic mass is 10.2. The van der Waals surface area contributed by atoms with Gasteiger partial charge in [-0.15, -0.1) is 0 Å². The summed E-state index contributed by atoms with van der Waals surface area (Å²) in [7, 11) is 1.92. The molecule has 4 heteroatoms. The predicted octanol–water partition coefficient (Wildman–Crippen LogP) is 1.61. The largest absolute Gasteiger partial charge is 0.372 e. The van der Waals surface area contributed by atoms with Gasteiger partial charge in [0.2, 0.25) is 0 Å². The van der Waals surface area contributed by atoms with Crippen LogP contribution in [0.4, 0.5) is 5.69 Å². The molecule has 74 valence electrons. The first kappa shape index (κ1) is 10.8. The molecule has 0 atom stereocenters. The zero-order valence-electron chi connectivity index (χ0n) is 8.00. The van der Waals surface area contributed by atoms with Crippen LogP contribution in [0.25, 0.3) is 0 Å². The van der Waals surface area contributed by atoms with E-state index in [1.54, 1.807) is 12.1 Å². The molecule has 1 rings (SSSR count). The van der Waals surface area contributed by atoms with E-state index in [2.05, 4.69) is 0 Å². The van der Waals surface area contributed by atoms with Gasteiger partial charge in [-0.3, -0.25) is 0 Å². The van der Waals surface area contributed by atoms with Crippen LogP contribution in [0.15, 0.2) is 18.2 Å². The quantitative estimate of drug-likeness (QED) is 0.823. The van der Waals surface area contributed by atoms with Gasteiger partial charge >= 0.3 is 0 Å². The molecule has 0 saturated carbocycles. The molecule has 0 amide bonds. The van der Waals surface area contributed by atoms with Gasteiger partial charge in [0, 0.05) is 20.1 Å². The third-order valence-corrected chi connectivity index (χ3v) is 2.26. The van der Waals surface area contributed by atoms with Gasteiger partial charge in [0.25, 0.3) is 0 Å². The normalized spacial score (nSPS) is 9.57. The second-order valence-corrected chi connectivity index (χ2v) is 3.40. The molecule has 0 aromatic heterocycles. The Labute approximate surface area is 88.7 Å². The SMILES string of the molecule is CN(CCN)c1ccc(C#N)cc1Cl. The van der Waals surface area contributed by atoms with Gasteiger partial charge in [0.1, 0.15) is 0 Å². The molecule has 3 nitrogen and oxygen atoms in total. The number of nitrogens with two attached hydrogens (primary N) is 1. The molecule has 0 bridgehead atoms. The summed E-state index contributed by atoms with van der Waals surface area (Å²) in [6, 6.07) is 7.27. The van der Waals surface area contributed by atoms with E-state index in [0.29, 0.717) is 17.1 Å². The zero-order chi connectivity index (χ0) is 10.6. The highest BCUT2D eigenvalue weighted by molar-refractivity contribution is 6.33. The molecule has 0 aliphatic heterocycles. The minimum Gasteiger partial charge on any atom is -0.372 e. The highest BCUT2D eigenvalue weighted by atomic mass is 35.5. The number of nitriles is 1. The number of hydrogen-bond acceptors (Lipinski definition) is 3. The summed E-state index contributed by atoms with van der Waals surface area (Å²) in [4.78, 5) is 1.96. The molecule has 0 heterocycles. The summed E-state index contributed by atoms with van der Waals surface area (Å²) in [5.74, 6) is 0. The van der Waals surface area contributed by atoms with Crippen LogP contribution in [0, 0.1) is 11.3 Å². The fraction of sp³-hybridized carbons (Fsp3) is 0.300. The Morgan fingerprint density at radius 2 is 2.29 bits per heavy atom. The molecule has 2 N–H and O–H groups in total. The van der Waals surface area contributed by atoms with E-state index in [1.807, 2.05) is 24.1 Å². The lowest BCUT2D eigenvalue weighted by Crippen LogP contribution is -2.25. The lowest BCUT2D eigenvalue weighted by Gasteiger charge is -2.19. The maximum Gasteiger partial charge on any atom is 0.0992 e. The zero-order valence-corrected chi connectivity index (χ0v) is 8.75. The highest BCUT2D eigenvalue weighted by Crippen LogP contribution is 2.25. The van der Waals surface area contributed by atoms with E-state index in [1.165, 1.54) is 0 Å². The molecular weight excluding hydrogens is 198 g/mol. The third kappa shape index (κ3) is 2.38. The molecule has 0 unspecified atom stereocenters. The minimum atomic E-state index is 0.569. The summed E-state index contributed by atoms with van der Waals surface area (Å²) in [5.41, 5.74) is 6.90. The smallest absolute Gasteiger partial charge is 0.0992 e. The summed E-state index contributed by atoms with van der Waals surface area (Å²) in [6.07, 6.45) is 0. The maximum atomic E-state index is 8.65. The molecule has 0 radical (unpaired) electrons. The second kappa shape index (κ2) is 4.85. The van der Waals surface area contributed by atoms with Crippen molar-refractivity contribution in [2.24, 2.45) is 5.73 Å². The summed E-state index contributed by atoms with van der Waals surface area (Å²) >= 11 is 6.01. The van der Waals surface area contributed by atoms with Gasteiger partial charge in [-0.2, -0.15) is 5.26 Å². The molecule has 0 aliphatic carbocycles. The molecule has 0 saturated heterocycles.